The van der Waals surface area contributed by atoms with Gasteiger partial charge in [-0.05, 0) is 54.1 Å². The Morgan fingerprint density at radius 2 is 1.06 bits per heavy atom. The highest BCUT2D eigenvalue weighted by Crippen LogP contribution is 2.47. The van der Waals surface area contributed by atoms with Crippen molar-refractivity contribution in [2.45, 2.75) is 63.7 Å². The minimum Gasteiger partial charge on any atom is -0.0693 e. The van der Waals surface area contributed by atoms with Gasteiger partial charge in [0.15, 0.2) is 0 Å². The quantitative estimate of drug-likeness (QED) is 0.363. The van der Waals surface area contributed by atoms with Crippen molar-refractivity contribution in [1.29, 1.82) is 0 Å². The Labute approximate surface area is 209 Å². The topological polar surface area (TPSA) is 0 Å². The largest absolute Gasteiger partial charge is 0.0693 e. The maximum Gasteiger partial charge on any atom is 0.0123 e. The summed E-state index contributed by atoms with van der Waals surface area (Å²) in [6, 6.07) is 25.3. The summed E-state index contributed by atoms with van der Waals surface area (Å²) in [7, 11) is -0.956. The summed E-state index contributed by atoms with van der Waals surface area (Å²) in [4.78, 5) is 0. The lowest BCUT2D eigenvalue weighted by molar-refractivity contribution is 0.735. The highest BCUT2D eigenvalue weighted by atomic mass is 28.9. The second-order valence-corrected chi connectivity index (χ2v) is 19.0. The Morgan fingerprint density at radius 3 is 1.44 bits per heavy atom. The van der Waals surface area contributed by atoms with E-state index in [2.05, 4.69) is 113 Å². The molecule has 0 saturated carbocycles. The SMILES string of the molecule is CC(C)C1=CC(c2ccccc2)=CC1[Si](C1C=C(c2ccccc2)C=C1C(C)C)=[Si]1CCCC1. The van der Waals surface area contributed by atoms with Crippen molar-refractivity contribution < 1.29 is 0 Å². The van der Waals surface area contributed by atoms with Gasteiger partial charge in [0.25, 0.3) is 0 Å². The van der Waals surface area contributed by atoms with Crippen LogP contribution in [0.2, 0.25) is 23.2 Å². The lowest BCUT2D eigenvalue weighted by Gasteiger charge is -2.29. The van der Waals surface area contributed by atoms with Gasteiger partial charge in [-0.3, -0.25) is 0 Å². The highest BCUT2D eigenvalue weighted by molar-refractivity contribution is 6.99. The van der Waals surface area contributed by atoms with E-state index in [0.29, 0.717) is 22.9 Å². The van der Waals surface area contributed by atoms with E-state index < -0.39 is 7.89 Å². The molecule has 0 aromatic heterocycles. The molecule has 34 heavy (non-hydrogen) atoms. The third kappa shape index (κ3) is 4.68. The van der Waals surface area contributed by atoms with Gasteiger partial charge in [-0.1, -0.05) is 137 Å². The molecule has 0 bridgehead atoms. The molecule has 0 amide bonds. The maximum atomic E-state index is 2.71. The first-order valence-electron chi connectivity index (χ1n) is 13.2. The van der Waals surface area contributed by atoms with Crippen molar-refractivity contribution in [2.75, 3.05) is 0 Å². The van der Waals surface area contributed by atoms with Gasteiger partial charge in [-0.2, -0.15) is 0 Å². The molecule has 3 aliphatic rings. The Morgan fingerprint density at radius 1 is 0.647 bits per heavy atom. The summed E-state index contributed by atoms with van der Waals surface area (Å²) in [5.41, 5.74) is 10.5. The number of rotatable bonds is 6. The molecule has 1 fully saturated rings. The van der Waals surface area contributed by atoms with Gasteiger partial charge in [0.1, 0.15) is 0 Å². The highest BCUT2D eigenvalue weighted by Gasteiger charge is 2.36. The minimum atomic E-state index is -0.630. The molecule has 174 valence electrons. The fraction of sp³-hybridized carbons (Fsp3) is 0.375. The van der Waals surface area contributed by atoms with E-state index in [4.69, 9.17) is 0 Å². The van der Waals surface area contributed by atoms with Crippen molar-refractivity contribution >= 4 is 26.9 Å². The minimum absolute atomic E-state index is 0.326. The predicted molar refractivity (Wildman–Crippen MR) is 153 cm³/mol. The fourth-order valence-electron chi connectivity index (χ4n) is 6.12. The number of hydrogen-bond acceptors (Lipinski definition) is 0. The third-order valence-corrected chi connectivity index (χ3v) is 18.8. The first-order chi connectivity index (χ1) is 16.5. The number of allylic oxidation sites excluding steroid dienone is 8. The Bertz CT molecular complexity index is 1100. The average Bonchev–Trinajstić information content (AvgIpc) is 3.61. The molecular weight excluding hydrogens is 441 g/mol. The van der Waals surface area contributed by atoms with Gasteiger partial charge < -0.3 is 0 Å². The molecule has 2 heteroatoms. The molecule has 5 rings (SSSR count). The zero-order valence-corrected chi connectivity index (χ0v) is 23.2. The summed E-state index contributed by atoms with van der Waals surface area (Å²) in [6.45, 7) is 9.69. The molecule has 2 atom stereocenters. The van der Waals surface area contributed by atoms with Crippen LogP contribution in [-0.2, 0) is 0 Å². The molecule has 0 radical (unpaired) electrons. The molecular formula is C32H38Si2. The second kappa shape index (κ2) is 10.2. The summed E-state index contributed by atoms with van der Waals surface area (Å²) in [6.07, 6.45) is 13.5. The molecule has 0 spiro atoms. The predicted octanol–water partition coefficient (Wildman–Crippen LogP) is 8.95. The van der Waals surface area contributed by atoms with Crippen LogP contribution < -0.4 is 0 Å². The van der Waals surface area contributed by atoms with Crippen LogP contribution in [0.1, 0.15) is 51.7 Å². The standard InChI is InChI=1S/C32H38Si2/c1-23(2)29-19-27(25-13-7-5-8-14-25)21-31(29)34(33-17-11-12-18-33)32-22-28(20-30(32)24(3)4)26-15-9-6-10-16-26/h5-10,13-16,19-24,31-32H,11-12,17-18H2,1-4H3. The Kier molecular flexibility index (Phi) is 7.08. The van der Waals surface area contributed by atoms with E-state index in [0.717, 1.165) is 0 Å². The van der Waals surface area contributed by atoms with Crippen molar-refractivity contribution in [3.05, 3.63) is 107 Å². The monoisotopic (exact) mass is 478 g/mol. The van der Waals surface area contributed by atoms with Gasteiger partial charge in [0.05, 0.1) is 0 Å². The van der Waals surface area contributed by atoms with E-state index in [1.165, 1.54) is 47.2 Å². The van der Waals surface area contributed by atoms with Crippen molar-refractivity contribution in [3.63, 3.8) is 0 Å². The van der Waals surface area contributed by atoms with Crippen LogP contribution in [0, 0.1) is 11.8 Å². The summed E-state index contributed by atoms with van der Waals surface area (Å²) >= 11 is 0. The van der Waals surface area contributed by atoms with Gasteiger partial charge >= 0.3 is 0 Å². The normalized spacial score (nSPS) is 22.2. The van der Waals surface area contributed by atoms with Crippen LogP contribution in [0.25, 0.3) is 11.1 Å². The van der Waals surface area contributed by atoms with Crippen molar-refractivity contribution in [2.24, 2.45) is 11.8 Å². The van der Waals surface area contributed by atoms with Crippen molar-refractivity contribution in [3.8, 4) is 0 Å². The number of hydrogen-bond donors (Lipinski definition) is 0. The van der Waals surface area contributed by atoms with Crippen molar-refractivity contribution in [1.82, 2.24) is 0 Å². The molecule has 2 unspecified atom stereocenters. The first-order valence-corrected chi connectivity index (χ1v) is 17.8. The second-order valence-electron chi connectivity index (χ2n) is 10.8. The smallest absolute Gasteiger partial charge is 0.0123 e. The van der Waals surface area contributed by atoms with Crippen LogP contribution in [0.15, 0.2) is 96.1 Å². The molecule has 1 saturated heterocycles. The lowest BCUT2D eigenvalue weighted by Crippen LogP contribution is -2.28. The molecule has 2 aromatic rings. The third-order valence-electron chi connectivity index (χ3n) is 7.89. The van der Waals surface area contributed by atoms with Crippen LogP contribution in [0.3, 0.4) is 0 Å². The molecule has 0 N–H and O–H groups in total. The van der Waals surface area contributed by atoms with Gasteiger partial charge in [0, 0.05) is 19.0 Å². The summed E-state index contributed by atoms with van der Waals surface area (Å²) in [5.74, 6) is 1.22. The van der Waals surface area contributed by atoms with E-state index in [1.54, 1.807) is 11.1 Å². The van der Waals surface area contributed by atoms with Gasteiger partial charge in [-0.15, -0.1) is 0 Å². The number of benzene rings is 2. The maximum absolute atomic E-state index is 2.71. The zero-order valence-electron chi connectivity index (χ0n) is 21.2. The van der Waals surface area contributed by atoms with Crippen LogP contribution in [0.4, 0.5) is 0 Å². The Hall–Kier alpha value is -2.17. The molecule has 0 nitrogen and oxygen atoms in total. The molecule has 1 heterocycles. The van der Waals surface area contributed by atoms with E-state index >= 15 is 0 Å². The van der Waals surface area contributed by atoms with Gasteiger partial charge in [-0.25, -0.2) is 0 Å². The van der Waals surface area contributed by atoms with E-state index in [1.807, 2.05) is 0 Å². The van der Waals surface area contributed by atoms with E-state index in [9.17, 15) is 0 Å². The zero-order chi connectivity index (χ0) is 23.7. The summed E-state index contributed by atoms with van der Waals surface area (Å²) in [5, 5.41) is 0. The molecule has 2 aliphatic carbocycles. The van der Waals surface area contributed by atoms with Crippen LogP contribution in [0.5, 0.6) is 0 Å². The van der Waals surface area contributed by atoms with Crippen LogP contribution in [-0.4, -0.2) is 15.8 Å². The van der Waals surface area contributed by atoms with Crippen LogP contribution >= 0.6 is 0 Å². The average molecular weight is 479 g/mol. The Balaban J connectivity index is 1.64. The molecule has 1 aliphatic heterocycles. The lowest BCUT2D eigenvalue weighted by atomic mass is 10.0. The van der Waals surface area contributed by atoms with Gasteiger partial charge in [0.2, 0.25) is 0 Å². The first kappa shape index (κ1) is 23.6. The fourth-order valence-corrected chi connectivity index (χ4v) is 18.8. The molecule has 2 aromatic carbocycles. The summed E-state index contributed by atoms with van der Waals surface area (Å²) < 4.78 is 0. The van der Waals surface area contributed by atoms with E-state index in [-0.39, 0.29) is 7.89 Å².